The molecule has 1 N–H and O–H groups in total. The summed E-state index contributed by atoms with van der Waals surface area (Å²) in [6, 6.07) is 11.5. The Hall–Kier alpha value is -3.35. The van der Waals surface area contributed by atoms with E-state index in [1.807, 2.05) is 43.3 Å². The summed E-state index contributed by atoms with van der Waals surface area (Å²) >= 11 is 0. The van der Waals surface area contributed by atoms with Crippen LogP contribution >= 0.6 is 0 Å². The van der Waals surface area contributed by atoms with Gasteiger partial charge in [-0.3, -0.25) is 9.78 Å². The molecule has 0 saturated heterocycles. The topological polar surface area (TPSA) is 78.3 Å². The summed E-state index contributed by atoms with van der Waals surface area (Å²) in [5.41, 5.74) is 2.98. The molecule has 7 nitrogen and oxygen atoms in total. The first-order chi connectivity index (χ1) is 14.3. The van der Waals surface area contributed by atoms with E-state index in [0.717, 1.165) is 16.8 Å². The molecule has 1 atom stereocenters. The van der Waals surface area contributed by atoms with Gasteiger partial charge in [0.05, 0.1) is 12.2 Å². The Morgan fingerprint density at radius 1 is 1.23 bits per heavy atom. The normalized spacial score (nSPS) is 15.7. The minimum Gasteiger partial charge on any atom is -0.485 e. The van der Waals surface area contributed by atoms with Crippen molar-refractivity contribution >= 4 is 11.7 Å². The number of benzene rings is 1. The summed E-state index contributed by atoms with van der Waals surface area (Å²) in [6.07, 6.45) is 2.77. The molecule has 1 aliphatic heterocycles. The highest BCUT2D eigenvalue weighted by Gasteiger charge is 2.29. The van der Waals surface area contributed by atoms with Crippen molar-refractivity contribution in [2.45, 2.75) is 45.8 Å². The van der Waals surface area contributed by atoms with Crippen molar-refractivity contribution in [2.75, 3.05) is 11.9 Å². The predicted molar refractivity (Wildman–Crippen MR) is 114 cm³/mol. The molecule has 2 aromatic heterocycles. The molecule has 7 heteroatoms. The van der Waals surface area contributed by atoms with Crippen molar-refractivity contribution in [3.8, 4) is 11.5 Å². The standard InChI is InChI=1S/C23H26N4O3/c1-15-10-21(27(26-15)13-16-6-5-9-24-12-16)25-22(28)20-14-29-19-11-17(23(2,3)4)7-8-18(19)30-20/h5-12,20H,13-14H2,1-4H3,(H,25,28). The summed E-state index contributed by atoms with van der Waals surface area (Å²) in [5, 5.41) is 7.40. The fourth-order valence-electron chi connectivity index (χ4n) is 3.30. The van der Waals surface area contributed by atoms with Gasteiger partial charge < -0.3 is 14.8 Å². The van der Waals surface area contributed by atoms with Gasteiger partial charge in [0, 0.05) is 18.5 Å². The second kappa shape index (κ2) is 7.82. The van der Waals surface area contributed by atoms with Crippen LogP contribution in [-0.2, 0) is 16.8 Å². The number of fused-ring (bicyclic) bond motifs is 1. The van der Waals surface area contributed by atoms with Crippen LogP contribution in [0.4, 0.5) is 5.82 Å². The van der Waals surface area contributed by atoms with Crippen molar-refractivity contribution in [1.29, 1.82) is 0 Å². The third-order valence-electron chi connectivity index (χ3n) is 4.97. The van der Waals surface area contributed by atoms with Gasteiger partial charge in [-0.1, -0.05) is 32.9 Å². The van der Waals surface area contributed by atoms with Gasteiger partial charge in [-0.05, 0) is 41.7 Å². The van der Waals surface area contributed by atoms with E-state index in [9.17, 15) is 4.79 Å². The molecule has 0 aliphatic carbocycles. The largest absolute Gasteiger partial charge is 0.485 e. The first-order valence-corrected chi connectivity index (χ1v) is 9.98. The fourth-order valence-corrected chi connectivity index (χ4v) is 3.30. The SMILES string of the molecule is Cc1cc(NC(=O)C2COc3cc(C(C)(C)C)ccc3O2)n(Cc2cccnc2)n1. The smallest absolute Gasteiger partial charge is 0.270 e. The monoisotopic (exact) mass is 406 g/mol. The minimum absolute atomic E-state index is 0.0111. The highest BCUT2D eigenvalue weighted by Crippen LogP contribution is 2.36. The molecule has 1 amide bonds. The fraction of sp³-hybridized carbons (Fsp3) is 0.348. The number of hydrogen-bond acceptors (Lipinski definition) is 5. The summed E-state index contributed by atoms with van der Waals surface area (Å²) in [5.74, 6) is 1.59. The summed E-state index contributed by atoms with van der Waals surface area (Å²) in [6.45, 7) is 8.99. The second-order valence-electron chi connectivity index (χ2n) is 8.51. The molecule has 0 bridgehead atoms. The zero-order valence-corrected chi connectivity index (χ0v) is 17.7. The molecule has 156 valence electrons. The van der Waals surface area contributed by atoms with Crippen molar-refractivity contribution in [3.05, 3.63) is 65.6 Å². The summed E-state index contributed by atoms with van der Waals surface area (Å²) < 4.78 is 13.5. The minimum atomic E-state index is -0.736. The van der Waals surface area contributed by atoms with E-state index < -0.39 is 6.10 Å². The van der Waals surface area contributed by atoms with Gasteiger partial charge in [0.25, 0.3) is 5.91 Å². The second-order valence-corrected chi connectivity index (χ2v) is 8.51. The Bertz CT molecular complexity index is 1050. The van der Waals surface area contributed by atoms with Gasteiger partial charge in [-0.2, -0.15) is 5.10 Å². The number of aromatic nitrogens is 3. The number of pyridine rings is 1. The van der Waals surface area contributed by atoms with Crippen molar-refractivity contribution < 1.29 is 14.3 Å². The zero-order valence-electron chi connectivity index (χ0n) is 17.7. The van der Waals surface area contributed by atoms with E-state index >= 15 is 0 Å². The quantitative estimate of drug-likeness (QED) is 0.715. The van der Waals surface area contributed by atoms with Crippen LogP contribution in [0.25, 0.3) is 0 Å². The van der Waals surface area contributed by atoms with E-state index in [0.29, 0.717) is 23.9 Å². The van der Waals surface area contributed by atoms with Gasteiger partial charge in [0.1, 0.15) is 12.4 Å². The molecule has 4 rings (SSSR count). The van der Waals surface area contributed by atoms with Crippen LogP contribution in [0.3, 0.4) is 0 Å². The maximum absolute atomic E-state index is 12.8. The number of aryl methyl sites for hydroxylation is 1. The number of ether oxygens (including phenoxy) is 2. The van der Waals surface area contributed by atoms with Crippen molar-refractivity contribution in [2.24, 2.45) is 0 Å². The van der Waals surface area contributed by atoms with E-state index in [-0.39, 0.29) is 17.9 Å². The lowest BCUT2D eigenvalue weighted by atomic mass is 9.87. The molecule has 0 fully saturated rings. The number of amides is 1. The van der Waals surface area contributed by atoms with E-state index in [1.54, 1.807) is 17.1 Å². The molecule has 30 heavy (non-hydrogen) atoms. The average molecular weight is 406 g/mol. The Morgan fingerprint density at radius 2 is 2.07 bits per heavy atom. The number of anilines is 1. The molecular weight excluding hydrogens is 380 g/mol. The van der Waals surface area contributed by atoms with Crippen LogP contribution in [-0.4, -0.2) is 33.4 Å². The zero-order chi connectivity index (χ0) is 21.3. The molecule has 1 aromatic carbocycles. The Morgan fingerprint density at radius 3 is 2.80 bits per heavy atom. The predicted octanol–water partition coefficient (Wildman–Crippen LogP) is 3.71. The first-order valence-electron chi connectivity index (χ1n) is 9.98. The van der Waals surface area contributed by atoms with Crippen LogP contribution in [0.5, 0.6) is 11.5 Å². The highest BCUT2D eigenvalue weighted by molar-refractivity contribution is 5.94. The van der Waals surface area contributed by atoms with Crippen molar-refractivity contribution in [1.82, 2.24) is 14.8 Å². The van der Waals surface area contributed by atoms with Crippen LogP contribution in [0.15, 0.2) is 48.8 Å². The lowest BCUT2D eigenvalue weighted by Crippen LogP contribution is -2.40. The number of hydrogen-bond donors (Lipinski definition) is 1. The molecule has 1 aliphatic rings. The average Bonchev–Trinajstić information content (AvgIpc) is 3.05. The van der Waals surface area contributed by atoms with Crippen molar-refractivity contribution in [3.63, 3.8) is 0 Å². The molecule has 3 aromatic rings. The molecule has 0 radical (unpaired) electrons. The Balaban J connectivity index is 1.47. The number of rotatable bonds is 4. The van der Waals surface area contributed by atoms with Gasteiger partial charge >= 0.3 is 0 Å². The van der Waals surface area contributed by atoms with Gasteiger partial charge in [0.2, 0.25) is 6.10 Å². The Kier molecular flexibility index (Phi) is 5.20. The number of nitrogens with zero attached hydrogens (tertiary/aromatic N) is 3. The summed E-state index contributed by atoms with van der Waals surface area (Å²) in [4.78, 5) is 17.0. The Labute approximate surface area is 176 Å². The number of carbonyl (C=O) groups is 1. The molecule has 0 spiro atoms. The van der Waals surface area contributed by atoms with Crippen LogP contribution in [0.1, 0.15) is 37.6 Å². The lowest BCUT2D eigenvalue weighted by Gasteiger charge is -2.28. The molecular formula is C23H26N4O3. The van der Waals surface area contributed by atoms with Crippen LogP contribution in [0.2, 0.25) is 0 Å². The third-order valence-corrected chi connectivity index (χ3v) is 4.97. The third kappa shape index (κ3) is 4.30. The first kappa shape index (κ1) is 19.9. The van der Waals surface area contributed by atoms with Gasteiger partial charge in [-0.25, -0.2) is 4.68 Å². The lowest BCUT2D eigenvalue weighted by molar-refractivity contribution is -0.125. The van der Waals surface area contributed by atoms with E-state index in [1.165, 1.54) is 0 Å². The molecule has 1 unspecified atom stereocenters. The maximum Gasteiger partial charge on any atom is 0.270 e. The summed E-state index contributed by atoms with van der Waals surface area (Å²) in [7, 11) is 0. The van der Waals surface area contributed by atoms with Gasteiger partial charge in [0.15, 0.2) is 11.5 Å². The van der Waals surface area contributed by atoms with Crippen LogP contribution < -0.4 is 14.8 Å². The number of nitrogens with one attached hydrogen (secondary N) is 1. The van der Waals surface area contributed by atoms with E-state index in [4.69, 9.17) is 9.47 Å². The maximum atomic E-state index is 12.8. The molecule has 3 heterocycles. The number of carbonyl (C=O) groups excluding carboxylic acids is 1. The highest BCUT2D eigenvalue weighted by atomic mass is 16.6. The van der Waals surface area contributed by atoms with Gasteiger partial charge in [-0.15, -0.1) is 0 Å². The van der Waals surface area contributed by atoms with E-state index in [2.05, 4.69) is 36.2 Å². The molecule has 0 saturated carbocycles. The van der Waals surface area contributed by atoms with Crippen LogP contribution in [0, 0.1) is 6.92 Å².